The van der Waals surface area contributed by atoms with Gasteiger partial charge in [0.25, 0.3) is 5.56 Å². The molecular weight excluding hydrogens is 454 g/mol. The number of hydrazine groups is 1. The number of aromatic amines is 1. The van der Waals surface area contributed by atoms with Crippen LogP contribution in [0.25, 0.3) is 22.3 Å². The number of aromatic nitrogens is 1. The maximum absolute atomic E-state index is 12.6. The van der Waals surface area contributed by atoms with Gasteiger partial charge in [0.1, 0.15) is 23.5 Å². The Labute approximate surface area is 198 Å². The number of benzene rings is 2. The molecule has 3 aromatic rings. The van der Waals surface area contributed by atoms with Crippen molar-refractivity contribution in [2.45, 2.75) is 5.03 Å². The number of nitriles is 2. The van der Waals surface area contributed by atoms with Gasteiger partial charge in [0.15, 0.2) is 0 Å². The van der Waals surface area contributed by atoms with Crippen LogP contribution >= 0.6 is 11.8 Å². The number of amidine groups is 1. The number of esters is 1. The number of rotatable bonds is 6. The van der Waals surface area contributed by atoms with Crippen molar-refractivity contribution in [3.05, 3.63) is 75.6 Å². The molecule has 6 N–H and O–H groups in total. The Bertz CT molecular complexity index is 1380. The summed E-state index contributed by atoms with van der Waals surface area (Å²) in [6.45, 7) is 0. The normalized spacial score (nSPS) is 10.8. The maximum Gasteiger partial charge on any atom is 0.337 e. The predicted molar refractivity (Wildman–Crippen MR) is 128 cm³/mol. The number of hydrogen-bond acceptors (Lipinski definition) is 9. The molecule has 0 atom stereocenters. The molecule has 0 aliphatic heterocycles. The van der Waals surface area contributed by atoms with Crippen LogP contribution in [0.3, 0.4) is 0 Å². The lowest BCUT2D eigenvalue weighted by Crippen LogP contribution is -2.33. The molecular formula is C23H19N7O3S. The zero-order valence-electron chi connectivity index (χ0n) is 18.0. The Morgan fingerprint density at radius 2 is 1.62 bits per heavy atom. The third kappa shape index (κ3) is 4.91. The number of hydrazone groups is 1. The second-order valence-electron chi connectivity index (χ2n) is 6.79. The summed E-state index contributed by atoms with van der Waals surface area (Å²) in [5, 5.41) is 23.2. The third-order valence-corrected chi connectivity index (χ3v) is 5.91. The zero-order chi connectivity index (χ0) is 24.7. The Morgan fingerprint density at radius 3 is 2.12 bits per heavy atom. The summed E-state index contributed by atoms with van der Waals surface area (Å²) in [5.41, 5.74) is 4.58. The lowest BCUT2D eigenvalue weighted by molar-refractivity contribution is 0.0600. The van der Waals surface area contributed by atoms with Crippen LogP contribution in [0.2, 0.25) is 0 Å². The molecule has 0 saturated heterocycles. The van der Waals surface area contributed by atoms with E-state index >= 15 is 0 Å². The van der Waals surface area contributed by atoms with Crippen molar-refractivity contribution in [2.75, 3.05) is 12.9 Å². The molecule has 0 radical (unpaired) electrons. The number of nitrogens with zero attached hydrogens (tertiary/aromatic N) is 3. The van der Waals surface area contributed by atoms with E-state index in [1.165, 1.54) is 7.11 Å². The molecule has 1 heterocycles. The molecule has 0 aliphatic carbocycles. The van der Waals surface area contributed by atoms with Crippen LogP contribution in [0.15, 0.2) is 63.5 Å². The van der Waals surface area contributed by atoms with E-state index in [1.54, 1.807) is 48.5 Å². The standard InChI is InChI=1S/C23H19N7O3S/c1-33-23(32)16-8-4-14(5-9-16)13-2-6-15(7-3-13)20-17(10-24)21(31)28-22(18(20)11-25)34-12-19(29-26)30-27/h2-9H,12,26-27H2,1H3,(H,28,31)(H,29,30). The topological polar surface area (TPSA) is 183 Å². The first-order valence-electron chi connectivity index (χ1n) is 9.73. The van der Waals surface area contributed by atoms with E-state index in [0.29, 0.717) is 11.1 Å². The van der Waals surface area contributed by atoms with E-state index in [9.17, 15) is 20.1 Å². The van der Waals surface area contributed by atoms with Gasteiger partial charge in [0, 0.05) is 5.56 Å². The first-order chi connectivity index (χ1) is 16.5. The SMILES string of the molecule is COC(=O)c1ccc(-c2ccc(-c3c(C#N)c(SC/C(=N/N)NN)[nH]c(=O)c3C#N)cc2)cc1. The number of nitrogens with two attached hydrogens (primary N) is 2. The van der Waals surface area contributed by atoms with Crippen LogP contribution in [0.4, 0.5) is 0 Å². The van der Waals surface area contributed by atoms with Crippen molar-refractivity contribution < 1.29 is 9.53 Å². The number of thioether (sulfide) groups is 1. The number of ether oxygens (including phenoxy) is 1. The Morgan fingerprint density at radius 1 is 1.06 bits per heavy atom. The first kappa shape index (κ1) is 24.1. The summed E-state index contributed by atoms with van der Waals surface area (Å²) >= 11 is 1.10. The second-order valence-corrected chi connectivity index (χ2v) is 7.77. The van der Waals surface area contributed by atoms with E-state index in [-0.39, 0.29) is 33.3 Å². The van der Waals surface area contributed by atoms with Gasteiger partial charge >= 0.3 is 5.97 Å². The quantitative estimate of drug-likeness (QED) is 0.104. The molecule has 170 valence electrons. The van der Waals surface area contributed by atoms with E-state index < -0.39 is 11.5 Å². The average Bonchev–Trinajstić information content (AvgIpc) is 2.88. The van der Waals surface area contributed by atoms with Gasteiger partial charge in [-0.3, -0.25) is 4.79 Å². The first-order valence-corrected chi connectivity index (χ1v) is 10.7. The smallest absolute Gasteiger partial charge is 0.337 e. The highest BCUT2D eigenvalue weighted by atomic mass is 32.2. The number of pyridine rings is 1. The van der Waals surface area contributed by atoms with Crippen LogP contribution in [-0.2, 0) is 4.74 Å². The fraction of sp³-hybridized carbons (Fsp3) is 0.0870. The molecule has 2 aromatic carbocycles. The van der Waals surface area contributed by atoms with Gasteiger partial charge in [0.05, 0.1) is 29.0 Å². The Balaban J connectivity index is 2.03. The van der Waals surface area contributed by atoms with Crippen molar-refractivity contribution in [1.82, 2.24) is 10.4 Å². The largest absolute Gasteiger partial charge is 0.465 e. The molecule has 0 bridgehead atoms. The summed E-state index contributed by atoms with van der Waals surface area (Å²) in [6, 6.07) is 17.9. The number of nitrogens with one attached hydrogen (secondary N) is 2. The number of carbonyl (C=O) groups excluding carboxylic acids is 1. The minimum Gasteiger partial charge on any atom is -0.465 e. The lowest BCUT2D eigenvalue weighted by atomic mass is 9.95. The summed E-state index contributed by atoms with van der Waals surface area (Å²) in [7, 11) is 1.32. The van der Waals surface area contributed by atoms with Crippen LogP contribution in [0, 0.1) is 22.7 Å². The molecule has 1 aromatic heterocycles. The van der Waals surface area contributed by atoms with Crippen molar-refractivity contribution in [3.8, 4) is 34.4 Å². The van der Waals surface area contributed by atoms with Crippen molar-refractivity contribution in [2.24, 2.45) is 16.8 Å². The van der Waals surface area contributed by atoms with E-state index in [1.807, 2.05) is 6.07 Å². The molecule has 34 heavy (non-hydrogen) atoms. The maximum atomic E-state index is 12.6. The molecule has 3 rings (SSSR count). The highest BCUT2D eigenvalue weighted by molar-refractivity contribution is 8.00. The van der Waals surface area contributed by atoms with Crippen LogP contribution < -0.4 is 22.7 Å². The predicted octanol–water partition coefficient (Wildman–Crippen LogP) is 2.07. The molecule has 0 unspecified atom stereocenters. The number of carbonyl (C=O) groups is 1. The Hall–Kier alpha value is -4.58. The highest BCUT2D eigenvalue weighted by Crippen LogP contribution is 2.32. The molecule has 0 saturated carbocycles. The molecule has 0 fully saturated rings. The zero-order valence-corrected chi connectivity index (χ0v) is 18.8. The fourth-order valence-corrected chi connectivity index (χ4v) is 4.09. The second kappa shape index (κ2) is 10.8. The lowest BCUT2D eigenvalue weighted by Gasteiger charge is -2.12. The number of methoxy groups -OCH3 is 1. The van der Waals surface area contributed by atoms with E-state index in [2.05, 4.69) is 21.6 Å². The molecule has 0 spiro atoms. The summed E-state index contributed by atoms with van der Waals surface area (Å²) in [6.07, 6.45) is 0. The summed E-state index contributed by atoms with van der Waals surface area (Å²) in [4.78, 5) is 26.8. The molecule has 0 amide bonds. The highest BCUT2D eigenvalue weighted by Gasteiger charge is 2.20. The molecule has 11 heteroatoms. The van der Waals surface area contributed by atoms with Gasteiger partial charge in [-0.15, -0.1) is 0 Å². The number of hydrogen-bond donors (Lipinski definition) is 4. The van der Waals surface area contributed by atoms with Gasteiger partial charge in [-0.2, -0.15) is 15.6 Å². The van der Waals surface area contributed by atoms with Gasteiger partial charge < -0.3 is 21.0 Å². The minimum atomic E-state index is -0.617. The Kier molecular flexibility index (Phi) is 7.67. The van der Waals surface area contributed by atoms with Gasteiger partial charge in [-0.25, -0.2) is 10.6 Å². The molecule has 10 nitrogen and oxygen atoms in total. The van der Waals surface area contributed by atoms with Gasteiger partial charge in [0.2, 0.25) is 0 Å². The van der Waals surface area contributed by atoms with Crippen molar-refractivity contribution >= 4 is 23.6 Å². The van der Waals surface area contributed by atoms with E-state index in [4.69, 9.17) is 16.4 Å². The van der Waals surface area contributed by atoms with Gasteiger partial charge in [-0.1, -0.05) is 48.2 Å². The number of H-pyrrole nitrogens is 1. The van der Waals surface area contributed by atoms with Crippen molar-refractivity contribution in [3.63, 3.8) is 0 Å². The fourth-order valence-electron chi connectivity index (χ4n) is 3.19. The summed E-state index contributed by atoms with van der Waals surface area (Å²) < 4.78 is 4.71. The van der Waals surface area contributed by atoms with Crippen molar-refractivity contribution in [1.29, 1.82) is 10.5 Å². The molecule has 0 aliphatic rings. The van der Waals surface area contributed by atoms with Crippen LogP contribution in [0.5, 0.6) is 0 Å². The van der Waals surface area contributed by atoms with E-state index in [0.717, 1.165) is 22.9 Å². The average molecular weight is 474 g/mol. The minimum absolute atomic E-state index is 0.143. The monoisotopic (exact) mass is 473 g/mol. The van der Waals surface area contributed by atoms with Gasteiger partial charge in [-0.05, 0) is 28.8 Å². The van der Waals surface area contributed by atoms with Crippen LogP contribution in [0.1, 0.15) is 21.5 Å². The van der Waals surface area contributed by atoms with Crippen LogP contribution in [-0.4, -0.2) is 29.7 Å². The third-order valence-electron chi connectivity index (χ3n) is 4.89. The summed E-state index contributed by atoms with van der Waals surface area (Å²) in [5.74, 6) is 10.6.